The zero-order chi connectivity index (χ0) is 22.9. The van der Waals surface area contributed by atoms with Crippen molar-refractivity contribution in [1.29, 1.82) is 0 Å². The minimum atomic E-state index is -0.796. The Morgan fingerprint density at radius 1 is 1.13 bits per heavy atom. The van der Waals surface area contributed by atoms with Crippen molar-refractivity contribution >= 4 is 17.1 Å². The van der Waals surface area contributed by atoms with Gasteiger partial charge < -0.3 is 9.30 Å². The zero-order valence-corrected chi connectivity index (χ0v) is 18.3. The molecule has 3 aromatic rings. The molecule has 0 saturated heterocycles. The maximum Gasteiger partial charge on any atom is 0.344 e. The number of fused-ring (bicyclic) bond motifs is 1. The van der Waals surface area contributed by atoms with Crippen LogP contribution in [-0.4, -0.2) is 34.9 Å². The highest BCUT2D eigenvalue weighted by Crippen LogP contribution is 2.14. The highest BCUT2D eigenvalue weighted by atomic mass is 16.5. The van der Waals surface area contributed by atoms with E-state index in [1.165, 1.54) is 11.6 Å². The molecule has 0 saturated carbocycles. The highest BCUT2D eigenvalue weighted by molar-refractivity contribution is 5.90. The Balaban J connectivity index is 2.02. The van der Waals surface area contributed by atoms with Gasteiger partial charge in [-0.25, -0.2) is 19.3 Å². The van der Waals surface area contributed by atoms with E-state index in [1.54, 1.807) is 18.4 Å². The molecule has 0 atom stereocenters. The molecule has 0 aromatic carbocycles. The molecule has 0 aliphatic heterocycles. The summed E-state index contributed by atoms with van der Waals surface area (Å²) in [5.41, 5.74) is -0.231. The second kappa shape index (κ2) is 8.70. The molecule has 0 spiro atoms. The summed E-state index contributed by atoms with van der Waals surface area (Å²) in [6.07, 6.45) is 1.61. The number of rotatable bonds is 7. The fourth-order valence-corrected chi connectivity index (χ4v) is 3.48. The van der Waals surface area contributed by atoms with Crippen LogP contribution in [0.2, 0.25) is 0 Å². The largest absolute Gasteiger partial charge is 0.454 e. The Bertz CT molecular complexity index is 1330. The van der Waals surface area contributed by atoms with Crippen molar-refractivity contribution in [2.24, 2.45) is 7.05 Å². The number of hydrogen-bond acceptors (Lipinski definition) is 7. The topological polar surface area (TPSA) is 134 Å². The van der Waals surface area contributed by atoms with Crippen molar-refractivity contribution in [3.05, 3.63) is 53.8 Å². The number of H-pyrrole nitrogens is 1. The van der Waals surface area contributed by atoms with Crippen molar-refractivity contribution in [2.45, 2.75) is 60.2 Å². The number of aromatic nitrogens is 6. The molecule has 1 N–H and O–H groups in total. The number of hydrogen-bond donors (Lipinski definition) is 1. The molecule has 3 rings (SSSR count). The first-order chi connectivity index (χ1) is 14.7. The number of ether oxygens (including phenoxy) is 1. The van der Waals surface area contributed by atoms with Crippen LogP contribution < -0.4 is 16.8 Å². The Morgan fingerprint density at radius 2 is 1.84 bits per heavy atom. The minimum absolute atomic E-state index is 0.0909. The number of aromatic amines is 1. The average Bonchev–Trinajstić information content (AvgIpc) is 3.09. The van der Waals surface area contributed by atoms with Crippen LogP contribution >= 0.6 is 0 Å². The van der Waals surface area contributed by atoms with E-state index in [2.05, 4.69) is 15.1 Å². The lowest BCUT2D eigenvalue weighted by Gasteiger charge is -2.10. The van der Waals surface area contributed by atoms with Gasteiger partial charge in [0.2, 0.25) is 0 Å². The van der Waals surface area contributed by atoms with Crippen molar-refractivity contribution < 1.29 is 9.53 Å². The third kappa shape index (κ3) is 3.94. The van der Waals surface area contributed by atoms with Gasteiger partial charge in [0.25, 0.3) is 11.1 Å². The fraction of sp³-hybridized carbons (Fsp3) is 0.500. The average molecular weight is 430 g/mol. The smallest absolute Gasteiger partial charge is 0.344 e. The van der Waals surface area contributed by atoms with Crippen molar-refractivity contribution in [2.75, 3.05) is 0 Å². The normalized spacial score (nSPS) is 11.3. The molecule has 11 nitrogen and oxygen atoms in total. The first-order valence-corrected chi connectivity index (χ1v) is 10.1. The van der Waals surface area contributed by atoms with E-state index in [4.69, 9.17) is 4.74 Å². The number of carbonyl (C=O) groups excluding carboxylic acids is 1. The predicted molar refractivity (Wildman–Crippen MR) is 113 cm³/mol. The summed E-state index contributed by atoms with van der Waals surface area (Å²) >= 11 is 0. The number of aryl methyl sites for hydroxylation is 4. The molecule has 11 heteroatoms. The Labute approximate surface area is 177 Å². The van der Waals surface area contributed by atoms with Crippen LogP contribution in [0.4, 0.5) is 0 Å². The molecule has 0 aliphatic carbocycles. The number of carbonyl (C=O) groups is 1. The first kappa shape index (κ1) is 22.2. The van der Waals surface area contributed by atoms with Crippen LogP contribution in [0.1, 0.15) is 54.1 Å². The standard InChI is InChI=1S/C20H26N6O5/c1-6-8-9-26-16-15(17(27)22-20(26)30)25(7-2)13(21-16)10-31-19(29)14-11(3)12(4)23-24(5)18(14)28/h6-10H2,1-5H3,(H,22,27,30). The second-order valence-electron chi connectivity index (χ2n) is 7.30. The van der Waals surface area contributed by atoms with Gasteiger partial charge in [0.05, 0.1) is 5.69 Å². The predicted octanol–water partition coefficient (Wildman–Crippen LogP) is 0.774. The Hall–Kier alpha value is -3.50. The van der Waals surface area contributed by atoms with Gasteiger partial charge in [0.1, 0.15) is 18.0 Å². The van der Waals surface area contributed by atoms with Gasteiger partial charge in [-0.3, -0.25) is 19.1 Å². The molecular weight excluding hydrogens is 404 g/mol. The maximum atomic E-state index is 12.7. The quantitative estimate of drug-likeness (QED) is 0.547. The summed E-state index contributed by atoms with van der Waals surface area (Å²) in [6, 6.07) is 0. The summed E-state index contributed by atoms with van der Waals surface area (Å²) in [5.74, 6) is -0.483. The fourth-order valence-electron chi connectivity index (χ4n) is 3.48. The maximum absolute atomic E-state index is 12.7. The number of unbranched alkanes of at least 4 members (excludes halogenated alkanes) is 1. The lowest BCUT2D eigenvalue weighted by molar-refractivity contribution is 0.0454. The Kier molecular flexibility index (Phi) is 6.23. The molecule has 31 heavy (non-hydrogen) atoms. The molecule has 166 valence electrons. The van der Waals surface area contributed by atoms with E-state index in [0.717, 1.165) is 17.5 Å². The summed E-state index contributed by atoms with van der Waals surface area (Å²) in [5, 5.41) is 4.05. The van der Waals surface area contributed by atoms with E-state index in [-0.39, 0.29) is 23.3 Å². The third-order valence-electron chi connectivity index (χ3n) is 5.28. The van der Waals surface area contributed by atoms with Gasteiger partial charge in [-0.2, -0.15) is 5.10 Å². The van der Waals surface area contributed by atoms with Gasteiger partial charge >= 0.3 is 11.7 Å². The van der Waals surface area contributed by atoms with Crippen LogP contribution in [0.25, 0.3) is 11.2 Å². The third-order valence-corrected chi connectivity index (χ3v) is 5.28. The monoisotopic (exact) mass is 430 g/mol. The molecule has 0 amide bonds. The van der Waals surface area contributed by atoms with Gasteiger partial charge in [-0.05, 0) is 32.8 Å². The van der Waals surface area contributed by atoms with Gasteiger partial charge in [-0.1, -0.05) is 13.3 Å². The van der Waals surface area contributed by atoms with Crippen LogP contribution in [0.3, 0.4) is 0 Å². The van der Waals surface area contributed by atoms with E-state index >= 15 is 0 Å². The molecular formula is C20H26N6O5. The van der Waals surface area contributed by atoms with E-state index in [1.807, 2.05) is 13.8 Å². The van der Waals surface area contributed by atoms with Crippen LogP contribution in [0.5, 0.6) is 0 Å². The number of esters is 1. The van der Waals surface area contributed by atoms with Gasteiger partial charge in [0, 0.05) is 20.1 Å². The molecule has 0 radical (unpaired) electrons. The Morgan fingerprint density at radius 3 is 2.48 bits per heavy atom. The molecule has 0 unspecified atom stereocenters. The summed E-state index contributed by atoms with van der Waals surface area (Å²) in [7, 11) is 1.46. The minimum Gasteiger partial charge on any atom is -0.454 e. The molecule has 0 fully saturated rings. The van der Waals surface area contributed by atoms with Crippen LogP contribution in [-0.2, 0) is 31.5 Å². The lowest BCUT2D eigenvalue weighted by Crippen LogP contribution is -2.31. The zero-order valence-electron chi connectivity index (χ0n) is 18.3. The van der Waals surface area contributed by atoms with Crippen molar-refractivity contribution in [3.8, 4) is 0 Å². The summed E-state index contributed by atoms with van der Waals surface area (Å²) < 4.78 is 9.50. The van der Waals surface area contributed by atoms with Crippen LogP contribution in [0, 0.1) is 13.8 Å². The van der Waals surface area contributed by atoms with Crippen LogP contribution in [0.15, 0.2) is 14.4 Å². The number of nitrogens with one attached hydrogen (secondary N) is 1. The van der Waals surface area contributed by atoms with Gasteiger partial charge in [0.15, 0.2) is 11.2 Å². The van der Waals surface area contributed by atoms with Gasteiger partial charge in [-0.15, -0.1) is 0 Å². The van der Waals surface area contributed by atoms with E-state index in [9.17, 15) is 19.2 Å². The SMILES string of the molecule is CCCCn1c(=O)[nH]c(=O)c2c1nc(COC(=O)c1c(C)c(C)nn(C)c1=O)n2CC. The number of nitrogens with zero attached hydrogens (tertiary/aromatic N) is 5. The molecule has 3 heterocycles. The van der Waals surface area contributed by atoms with E-state index < -0.39 is 22.8 Å². The second-order valence-corrected chi connectivity index (χ2v) is 7.30. The summed E-state index contributed by atoms with van der Waals surface area (Å²) in [6.45, 7) is 7.68. The summed E-state index contributed by atoms with van der Waals surface area (Å²) in [4.78, 5) is 56.6. The molecule has 0 aliphatic rings. The molecule has 0 bridgehead atoms. The van der Waals surface area contributed by atoms with Crippen molar-refractivity contribution in [1.82, 2.24) is 28.9 Å². The van der Waals surface area contributed by atoms with E-state index in [0.29, 0.717) is 30.2 Å². The number of imidazole rings is 1. The van der Waals surface area contributed by atoms with Crippen molar-refractivity contribution in [3.63, 3.8) is 0 Å². The first-order valence-electron chi connectivity index (χ1n) is 10.1. The lowest BCUT2D eigenvalue weighted by atomic mass is 10.1. The molecule has 3 aromatic heterocycles. The highest BCUT2D eigenvalue weighted by Gasteiger charge is 2.22.